The second-order valence-corrected chi connectivity index (χ2v) is 2.82. The quantitative estimate of drug-likeness (QED) is 0.551. The highest BCUT2D eigenvalue weighted by atomic mass is 35.5. The minimum Gasteiger partial charge on any atom is -0.210 e. The Labute approximate surface area is 65.4 Å². The van der Waals surface area contributed by atoms with Crippen LogP contribution in [0.1, 0.15) is 26.2 Å². The molecule has 0 N–H and O–H groups in total. The molecule has 0 atom stereocenters. The Bertz CT molecular complexity index is 191. The average molecular weight is 161 g/mol. The Morgan fingerprint density at radius 1 is 1.60 bits per heavy atom. The molecule has 0 saturated carbocycles. The van der Waals surface area contributed by atoms with Crippen LogP contribution in [0.2, 0.25) is 0 Å². The zero-order valence-corrected chi connectivity index (χ0v) is 6.71. The third-order valence-corrected chi connectivity index (χ3v) is 2.02. The minimum absolute atomic E-state index is 0.168. The zero-order valence-electron chi connectivity index (χ0n) is 5.95. The Balaban J connectivity index is 2.76. The molecule has 0 aliphatic heterocycles. The molecule has 1 aliphatic rings. The molecule has 0 bridgehead atoms. The SMILES string of the molecule is CCC1=CC(Cl)=C(F)CC1. The van der Waals surface area contributed by atoms with Gasteiger partial charge >= 0.3 is 0 Å². The van der Waals surface area contributed by atoms with Crippen molar-refractivity contribution < 1.29 is 4.39 Å². The first-order valence-corrected chi connectivity index (χ1v) is 3.85. The molecule has 0 heterocycles. The number of allylic oxidation sites excluding steroid dienone is 4. The summed E-state index contributed by atoms with van der Waals surface area (Å²) < 4.78 is 12.6. The van der Waals surface area contributed by atoms with E-state index in [2.05, 4.69) is 6.92 Å². The van der Waals surface area contributed by atoms with Crippen LogP contribution < -0.4 is 0 Å². The first-order valence-electron chi connectivity index (χ1n) is 3.47. The standard InChI is InChI=1S/C8H10ClF/c1-2-6-3-4-8(10)7(9)5-6/h5H,2-4H2,1H3. The number of hydrogen-bond donors (Lipinski definition) is 0. The monoisotopic (exact) mass is 160 g/mol. The normalized spacial score (nSPS) is 19.3. The van der Waals surface area contributed by atoms with Crippen molar-refractivity contribution in [1.29, 1.82) is 0 Å². The number of halogens is 2. The highest BCUT2D eigenvalue weighted by molar-refractivity contribution is 6.31. The van der Waals surface area contributed by atoms with Crippen LogP contribution in [-0.4, -0.2) is 0 Å². The Morgan fingerprint density at radius 3 is 2.80 bits per heavy atom. The van der Waals surface area contributed by atoms with Gasteiger partial charge in [-0.25, -0.2) is 4.39 Å². The van der Waals surface area contributed by atoms with E-state index in [1.54, 1.807) is 6.08 Å². The summed E-state index contributed by atoms with van der Waals surface area (Å²) in [6, 6.07) is 0. The van der Waals surface area contributed by atoms with Crippen molar-refractivity contribution in [2.24, 2.45) is 0 Å². The van der Waals surface area contributed by atoms with Crippen LogP contribution >= 0.6 is 11.6 Å². The number of rotatable bonds is 1. The second kappa shape index (κ2) is 3.20. The van der Waals surface area contributed by atoms with E-state index in [1.165, 1.54) is 5.57 Å². The van der Waals surface area contributed by atoms with E-state index < -0.39 is 0 Å². The average Bonchev–Trinajstić information content (AvgIpc) is 1.95. The lowest BCUT2D eigenvalue weighted by Crippen LogP contribution is -1.91. The first-order chi connectivity index (χ1) is 4.74. The van der Waals surface area contributed by atoms with E-state index in [0.717, 1.165) is 12.8 Å². The van der Waals surface area contributed by atoms with Crippen molar-refractivity contribution in [3.05, 3.63) is 22.5 Å². The van der Waals surface area contributed by atoms with Crippen molar-refractivity contribution in [3.8, 4) is 0 Å². The summed E-state index contributed by atoms with van der Waals surface area (Å²) in [4.78, 5) is 0. The third-order valence-electron chi connectivity index (χ3n) is 1.71. The molecule has 0 aromatic carbocycles. The van der Waals surface area contributed by atoms with Crippen LogP contribution in [0.5, 0.6) is 0 Å². The van der Waals surface area contributed by atoms with Crippen LogP contribution in [0, 0.1) is 0 Å². The molecule has 0 amide bonds. The lowest BCUT2D eigenvalue weighted by molar-refractivity contribution is 0.576. The van der Waals surface area contributed by atoms with Gasteiger partial charge in [-0.2, -0.15) is 0 Å². The first kappa shape index (κ1) is 7.80. The van der Waals surface area contributed by atoms with Crippen LogP contribution in [-0.2, 0) is 0 Å². The largest absolute Gasteiger partial charge is 0.210 e. The van der Waals surface area contributed by atoms with E-state index in [9.17, 15) is 4.39 Å². The van der Waals surface area contributed by atoms with E-state index in [0.29, 0.717) is 11.5 Å². The van der Waals surface area contributed by atoms with E-state index in [1.807, 2.05) is 0 Å². The maximum absolute atomic E-state index is 12.6. The predicted molar refractivity (Wildman–Crippen MR) is 41.6 cm³/mol. The van der Waals surface area contributed by atoms with E-state index >= 15 is 0 Å². The lowest BCUT2D eigenvalue weighted by atomic mass is 10.0. The van der Waals surface area contributed by atoms with Gasteiger partial charge in [-0.05, 0) is 18.9 Å². The molecule has 2 heteroatoms. The van der Waals surface area contributed by atoms with Gasteiger partial charge in [0.15, 0.2) is 0 Å². The molecule has 1 rings (SSSR count). The second-order valence-electron chi connectivity index (χ2n) is 2.41. The van der Waals surface area contributed by atoms with Gasteiger partial charge in [0.1, 0.15) is 5.83 Å². The van der Waals surface area contributed by atoms with E-state index in [4.69, 9.17) is 11.6 Å². The molecule has 0 aromatic rings. The highest BCUT2D eigenvalue weighted by Crippen LogP contribution is 2.28. The molecule has 1 aliphatic carbocycles. The molecule has 0 fully saturated rings. The lowest BCUT2D eigenvalue weighted by Gasteiger charge is -2.09. The molecule has 0 aromatic heterocycles. The van der Waals surface area contributed by atoms with Gasteiger partial charge in [0.25, 0.3) is 0 Å². The maximum Gasteiger partial charge on any atom is 0.119 e. The van der Waals surface area contributed by atoms with Gasteiger partial charge in [-0.1, -0.05) is 24.1 Å². The summed E-state index contributed by atoms with van der Waals surface area (Å²) in [6.07, 6.45) is 4.03. The molecule has 0 saturated heterocycles. The summed E-state index contributed by atoms with van der Waals surface area (Å²) in [6.45, 7) is 2.05. The minimum atomic E-state index is -0.168. The van der Waals surface area contributed by atoms with Crippen LogP contribution in [0.3, 0.4) is 0 Å². The molecule has 0 nitrogen and oxygen atoms in total. The van der Waals surface area contributed by atoms with Crippen LogP contribution in [0.4, 0.5) is 4.39 Å². The molecule has 0 unspecified atom stereocenters. The molecule has 10 heavy (non-hydrogen) atoms. The van der Waals surface area contributed by atoms with E-state index in [-0.39, 0.29) is 5.83 Å². The van der Waals surface area contributed by atoms with Crippen molar-refractivity contribution in [3.63, 3.8) is 0 Å². The summed E-state index contributed by atoms with van der Waals surface area (Å²) in [5, 5.41) is 0.295. The van der Waals surface area contributed by atoms with Gasteiger partial charge in [0.05, 0.1) is 5.03 Å². The van der Waals surface area contributed by atoms with Gasteiger partial charge in [0, 0.05) is 6.42 Å². The van der Waals surface area contributed by atoms with Crippen LogP contribution in [0.15, 0.2) is 22.5 Å². The molecule has 56 valence electrons. The van der Waals surface area contributed by atoms with Gasteiger partial charge in [0.2, 0.25) is 0 Å². The zero-order chi connectivity index (χ0) is 7.56. The fourth-order valence-corrected chi connectivity index (χ4v) is 1.25. The maximum atomic E-state index is 12.6. The molecule has 0 radical (unpaired) electrons. The smallest absolute Gasteiger partial charge is 0.119 e. The van der Waals surface area contributed by atoms with Crippen molar-refractivity contribution in [2.75, 3.05) is 0 Å². The third kappa shape index (κ3) is 1.60. The summed E-state index contributed by atoms with van der Waals surface area (Å²) in [5.74, 6) is -0.168. The number of hydrogen-bond acceptors (Lipinski definition) is 0. The van der Waals surface area contributed by atoms with Crippen molar-refractivity contribution >= 4 is 11.6 Å². The Kier molecular flexibility index (Phi) is 2.50. The molecule has 0 spiro atoms. The summed E-state index contributed by atoms with van der Waals surface area (Å²) in [5.41, 5.74) is 1.24. The van der Waals surface area contributed by atoms with Gasteiger partial charge in [-0.15, -0.1) is 0 Å². The molecular weight excluding hydrogens is 151 g/mol. The Morgan fingerprint density at radius 2 is 2.30 bits per heavy atom. The molecular formula is C8H10ClF. The fourth-order valence-electron chi connectivity index (χ4n) is 0.998. The van der Waals surface area contributed by atoms with Crippen LogP contribution in [0.25, 0.3) is 0 Å². The topological polar surface area (TPSA) is 0 Å². The summed E-state index contributed by atoms with van der Waals surface area (Å²) >= 11 is 5.57. The van der Waals surface area contributed by atoms with Crippen molar-refractivity contribution in [1.82, 2.24) is 0 Å². The Hall–Kier alpha value is -0.300. The summed E-state index contributed by atoms with van der Waals surface area (Å²) in [7, 11) is 0. The fraction of sp³-hybridized carbons (Fsp3) is 0.500. The van der Waals surface area contributed by atoms with Gasteiger partial charge in [-0.3, -0.25) is 0 Å². The van der Waals surface area contributed by atoms with Gasteiger partial charge < -0.3 is 0 Å². The van der Waals surface area contributed by atoms with Crippen molar-refractivity contribution in [2.45, 2.75) is 26.2 Å². The highest BCUT2D eigenvalue weighted by Gasteiger charge is 2.09. The predicted octanol–water partition coefficient (Wildman–Crippen LogP) is 3.54.